The van der Waals surface area contributed by atoms with E-state index in [4.69, 9.17) is 4.74 Å². The van der Waals surface area contributed by atoms with Crippen molar-refractivity contribution in [3.8, 4) is 0 Å². The molecule has 2 heterocycles. The van der Waals surface area contributed by atoms with E-state index in [0.717, 1.165) is 12.8 Å². The number of nitrogens with one attached hydrogen (secondary N) is 1. The van der Waals surface area contributed by atoms with Gasteiger partial charge >= 0.3 is 6.03 Å². The van der Waals surface area contributed by atoms with Crippen LogP contribution < -0.4 is 5.32 Å². The van der Waals surface area contributed by atoms with Crippen molar-refractivity contribution >= 4 is 17.8 Å². The fourth-order valence-corrected chi connectivity index (χ4v) is 3.05. The summed E-state index contributed by atoms with van der Waals surface area (Å²) in [4.78, 5) is 37.1. The van der Waals surface area contributed by atoms with Gasteiger partial charge in [0.25, 0.3) is 0 Å². The highest BCUT2D eigenvalue weighted by atomic mass is 16.5. The predicted molar refractivity (Wildman–Crippen MR) is 65.1 cm³/mol. The third-order valence-electron chi connectivity index (χ3n) is 4.47. The molecule has 3 rings (SSSR count). The first-order valence-electron chi connectivity index (χ1n) is 6.87. The zero-order valence-corrected chi connectivity index (χ0v) is 11.0. The van der Waals surface area contributed by atoms with Crippen molar-refractivity contribution in [2.24, 2.45) is 11.3 Å². The van der Waals surface area contributed by atoms with Gasteiger partial charge in [-0.1, -0.05) is 6.92 Å². The maximum absolute atomic E-state index is 12.3. The van der Waals surface area contributed by atoms with Gasteiger partial charge in [-0.05, 0) is 25.7 Å². The Kier molecular flexibility index (Phi) is 2.85. The largest absolute Gasteiger partial charge is 0.378 e. The van der Waals surface area contributed by atoms with E-state index >= 15 is 0 Å². The smallest absolute Gasteiger partial charge is 0.330 e. The molecule has 0 bridgehead atoms. The number of amides is 4. The van der Waals surface area contributed by atoms with Crippen molar-refractivity contribution < 1.29 is 19.1 Å². The lowest BCUT2D eigenvalue weighted by Gasteiger charge is -2.32. The molecule has 6 heteroatoms. The Labute approximate surface area is 111 Å². The number of rotatable bonds is 3. The Balaban J connectivity index is 1.75. The molecule has 2 atom stereocenters. The zero-order chi connectivity index (χ0) is 13.6. The Morgan fingerprint density at radius 2 is 2.11 bits per heavy atom. The van der Waals surface area contributed by atoms with Gasteiger partial charge in [-0.15, -0.1) is 0 Å². The molecule has 0 aromatic carbocycles. The first-order chi connectivity index (χ1) is 9.08. The van der Waals surface area contributed by atoms with Gasteiger partial charge in [0.05, 0.1) is 6.10 Å². The van der Waals surface area contributed by atoms with Gasteiger partial charge in [0.15, 0.2) is 0 Å². The Morgan fingerprint density at radius 3 is 2.74 bits per heavy atom. The van der Waals surface area contributed by atoms with Crippen molar-refractivity contribution in [3.63, 3.8) is 0 Å². The van der Waals surface area contributed by atoms with E-state index in [0.29, 0.717) is 26.0 Å². The second-order valence-corrected chi connectivity index (χ2v) is 5.62. The average Bonchev–Trinajstić information content (AvgIpc) is 3.07. The van der Waals surface area contributed by atoms with Crippen LogP contribution in [0.4, 0.5) is 4.79 Å². The normalized spacial score (nSPS) is 32.9. The van der Waals surface area contributed by atoms with Crippen molar-refractivity contribution in [1.82, 2.24) is 10.2 Å². The maximum Gasteiger partial charge on any atom is 0.330 e. The summed E-state index contributed by atoms with van der Waals surface area (Å²) in [5, 5.41) is 2.31. The van der Waals surface area contributed by atoms with Crippen LogP contribution in [0.2, 0.25) is 0 Å². The lowest BCUT2D eigenvalue weighted by Crippen LogP contribution is -2.60. The average molecular weight is 266 g/mol. The minimum atomic E-state index is -0.935. The summed E-state index contributed by atoms with van der Waals surface area (Å²) in [6.45, 7) is 3.07. The van der Waals surface area contributed by atoms with Crippen molar-refractivity contribution in [1.29, 1.82) is 0 Å². The van der Waals surface area contributed by atoms with Crippen LogP contribution in [0.25, 0.3) is 0 Å². The lowest BCUT2D eigenvalue weighted by molar-refractivity contribution is -0.145. The van der Waals surface area contributed by atoms with E-state index < -0.39 is 17.4 Å². The molecular formula is C13H18N2O4. The third-order valence-corrected chi connectivity index (χ3v) is 4.47. The second-order valence-electron chi connectivity index (χ2n) is 5.62. The first kappa shape index (κ1) is 12.6. The summed E-state index contributed by atoms with van der Waals surface area (Å²) in [5.74, 6) is -0.555. The summed E-state index contributed by atoms with van der Waals surface area (Å²) < 4.78 is 5.58. The van der Waals surface area contributed by atoms with E-state index in [2.05, 4.69) is 5.32 Å². The highest BCUT2D eigenvalue weighted by Crippen LogP contribution is 2.49. The molecule has 2 unspecified atom stereocenters. The van der Waals surface area contributed by atoms with Crippen LogP contribution in [0.3, 0.4) is 0 Å². The molecule has 19 heavy (non-hydrogen) atoms. The molecule has 0 aromatic rings. The maximum atomic E-state index is 12.3. The molecule has 2 saturated heterocycles. The number of barbiturate groups is 1. The second kappa shape index (κ2) is 4.30. The molecule has 1 spiro atoms. The van der Waals surface area contributed by atoms with Crippen LogP contribution >= 0.6 is 0 Å². The number of carbonyl (C=O) groups is 3. The van der Waals surface area contributed by atoms with Crippen LogP contribution in [0, 0.1) is 11.3 Å². The molecular weight excluding hydrogens is 248 g/mol. The van der Waals surface area contributed by atoms with Crippen LogP contribution in [0.15, 0.2) is 0 Å². The van der Waals surface area contributed by atoms with Gasteiger partial charge in [-0.3, -0.25) is 19.8 Å². The molecule has 2 aliphatic heterocycles. The van der Waals surface area contributed by atoms with Gasteiger partial charge in [-0.2, -0.15) is 0 Å². The van der Waals surface area contributed by atoms with Crippen LogP contribution in [-0.4, -0.2) is 42.0 Å². The van der Waals surface area contributed by atoms with E-state index in [9.17, 15) is 14.4 Å². The highest BCUT2D eigenvalue weighted by Gasteiger charge is 2.62. The van der Waals surface area contributed by atoms with E-state index in [-0.39, 0.29) is 17.9 Å². The van der Waals surface area contributed by atoms with Crippen molar-refractivity contribution in [3.05, 3.63) is 0 Å². The standard InChI is InChI=1S/C13H18N2O4/c1-2-9-8(3-6-19-9)7-15-11(17)13(4-5-13)10(16)14-12(15)18/h8-9H,2-7H2,1H3,(H,14,16,18). The first-order valence-corrected chi connectivity index (χ1v) is 6.87. The van der Waals surface area contributed by atoms with Gasteiger partial charge in [0.2, 0.25) is 11.8 Å². The molecule has 1 aliphatic carbocycles. The number of hydrogen-bond acceptors (Lipinski definition) is 4. The summed E-state index contributed by atoms with van der Waals surface area (Å²) in [6, 6.07) is -0.575. The third kappa shape index (κ3) is 1.85. The molecule has 3 fully saturated rings. The van der Waals surface area contributed by atoms with Gasteiger partial charge in [0, 0.05) is 19.1 Å². The fourth-order valence-electron chi connectivity index (χ4n) is 3.05. The molecule has 0 aromatic heterocycles. The minimum absolute atomic E-state index is 0.105. The monoisotopic (exact) mass is 266 g/mol. The van der Waals surface area contributed by atoms with E-state index in [1.54, 1.807) is 0 Å². The Morgan fingerprint density at radius 1 is 1.37 bits per heavy atom. The van der Waals surface area contributed by atoms with E-state index in [1.807, 2.05) is 6.92 Å². The SMILES string of the molecule is CCC1OCCC1CN1C(=O)NC(=O)C2(CC2)C1=O. The molecule has 6 nitrogen and oxygen atoms in total. The van der Waals surface area contributed by atoms with Crippen molar-refractivity contribution in [2.75, 3.05) is 13.2 Å². The number of ether oxygens (including phenoxy) is 1. The van der Waals surface area contributed by atoms with Gasteiger partial charge in [0.1, 0.15) is 5.41 Å². The number of urea groups is 1. The van der Waals surface area contributed by atoms with Gasteiger partial charge < -0.3 is 4.74 Å². The topological polar surface area (TPSA) is 75.7 Å². The van der Waals surface area contributed by atoms with Crippen LogP contribution in [0.5, 0.6) is 0 Å². The van der Waals surface area contributed by atoms with Crippen LogP contribution in [-0.2, 0) is 14.3 Å². The minimum Gasteiger partial charge on any atom is -0.378 e. The molecule has 1 N–H and O–H groups in total. The molecule has 0 radical (unpaired) electrons. The fraction of sp³-hybridized carbons (Fsp3) is 0.769. The van der Waals surface area contributed by atoms with Gasteiger partial charge in [-0.25, -0.2) is 4.79 Å². The summed E-state index contributed by atoms with van der Waals surface area (Å²) in [6.07, 6.45) is 2.95. The number of carbonyl (C=O) groups excluding carboxylic acids is 3. The summed E-state index contributed by atoms with van der Waals surface area (Å²) in [5.41, 5.74) is -0.935. The van der Waals surface area contributed by atoms with Crippen molar-refractivity contribution in [2.45, 2.75) is 38.7 Å². The number of imide groups is 2. The lowest BCUT2D eigenvalue weighted by atomic mass is 9.96. The molecule has 4 amide bonds. The highest BCUT2D eigenvalue weighted by molar-refractivity contribution is 6.20. The number of hydrogen-bond donors (Lipinski definition) is 1. The predicted octanol–water partition coefficient (Wildman–Crippen LogP) is 0.660. The molecule has 104 valence electrons. The number of nitrogens with zero attached hydrogens (tertiary/aromatic N) is 1. The molecule has 1 saturated carbocycles. The molecule has 3 aliphatic rings. The quantitative estimate of drug-likeness (QED) is 0.761. The van der Waals surface area contributed by atoms with E-state index in [1.165, 1.54) is 4.90 Å². The Hall–Kier alpha value is -1.43. The van der Waals surface area contributed by atoms with Crippen LogP contribution in [0.1, 0.15) is 32.6 Å². The summed E-state index contributed by atoms with van der Waals surface area (Å²) in [7, 11) is 0. The zero-order valence-electron chi connectivity index (χ0n) is 11.0. The summed E-state index contributed by atoms with van der Waals surface area (Å²) >= 11 is 0. The Bertz CT molecular complexity index is 444.